The predicted octanol–water partition coefficient (Wildman–Crippen LogP) is 0.150. The van der Waals surface area contributed by atoms with Gasteiger partial charge in [-0.25, -0.2) is 4.98 Å². The Labute approximate surface area is 93.3 Å². The maximum atomic E-state index is 11.6. The standard InChI is InChI=1S/C10H15N3OS/c14-9(12-10-11-4-7-15-10)8-13-5-2-1-3-6-13/h4,7H,1-3,5-6,8H2,(H,11,12,14)/p+1. The Hall–Kier alpha value is -0.940. The fraction of sp³-hybridized carbons (Fsp3) is 0.600. The molecule has 0 spiro atoms. The highest BCUT2D eigenvalue weighted by atomic mass is 32.1. The van der Waals surface area contributed by atoms with Crippen LogP contribution in [0.3, 0.4) is 0 Å². The van der Waals surface area contributed by atoms with Crippen molar-refractivity contribution in [3.05, 3.63) is 11.6 Å². The summed E-state index contributed by atoms with van der Waals surface area (Å²) in [6.45, 7) is 2.84. The maximum absolute atomic E-state index is 11.6. The van der Waals surface area contributed by atoms with Gasteiger partial charge in [-0.1, -0.05) is 0 Å². The number of likely N-dealkylation sites (tertiary alicyclic amines) is 1. The average Bonchev–Trinajstić information content (AvgIpc) is 2.71. The van der Waals surface area contributed by atoms with Crippen molar-refractivity contribution < 1.29 is 9.69 Å². The van der Waals surface area contributed by atoms with Crippen molar-refractivity contribution in [1.82, 2.24) is 4.98 Å². The molecule has 2 N–H and O–H groups in total. The molecule has 1 saturated heterocycles. The fourth-order valence-electron chi connectivity index (χ4n) is 1.90. The number of carbonyl (C=O) groups excluding carboxylic acids is 1. The van der Waals surface area contributed by atoms with Gasteiger partial charge in [0.1, 0.15) is 0 Å². The van der Waals surface area contributed by atoms with Gasteiger partial charge in [-0.3, -0.25) is 10.1 Å². The molecule has 0 unspecified atom stereocenters. The normalized spacial score (nSPS) is 17.6. The van der Waals surface area contributed by atoms with Gasteiger partial charge in [0.25, 0.3) is 5.91 Å². The third-order valence-electron chi connectivity index (χ3n) is 2.65. The molecule has 82 valence electrons. The van der Waals surface area contributed by atoms with E-state index in [4.69, 9.17) is 0 Å². The van der Waals surface area contributed by atoms with Gasteiger partial charge >= 0.3 is 0 Å². The lowest BCUT2D eigenvalue weighted by Gasteiger charge is -2.22. The van der Waals surface area contributed by atoms with Crippen LogP contribution in [0, 0.1) is 0 Å². The van der Waals surface area contributed by atoms with Crippen LogP contribution in [0.1, 0.15) is 19.3 Å². The van der Waals surface area contributed by atoms with Gasteiger partial charge < -0.3 is 4.90 Å². The Morgan fingerprint density at radius 1 is 1.47 bits per heavy atom. The molecule has 1 aliphatic rings. The van der Waals surface area contributed by atoms with Crippen LogP contribution < -0.4 is 10.2 Å². The molecule has 2 rings (SSSR count). The molecule has 0 radical (unpaired) electrons. The number of piperidine rings is 1. The average molecular weight is 226 g/mol. The van der Waals surface area contributed by atoms with E-state index in [0.29, 0.717) is 11.7 Å². The quantitative estimate of drug-likeness (QED) is 0.771. The van der Waals surface area contributed by atoms with E-state index in [0.717, 1.165) is 13.1 Å². The van der Waals surface area contributed by atoms with Crippen LogP contribution in [0.4, 0.5) is 5.13 Å². The summed E-state index contributed by atoms with van der Waals surface area (Å²) in [6, 6.07) is 0. The van der Waals surface area contributed by atoms with Crippen LogP contribution in [-0.2, 0) is 4.79 Å². The molecule has 1 aliphatic heterocycles. The number of aromatic nitrogens is 1. The highest BCUT2D eigenvalue weighted by Crippen LogP contribution is 2.09. The Kier molecular flexibility index (Phi) is 3.69. The summed E-state index contributed by atoms with van der Waals surface area (Å²) < 4.78 is 0. The lowest BCUT2D eigenvalue weighted by atomic mass is 10.1. The van der Waals surface area contributed by atoms with Crippen LogP contribution in [0.5, 0.6) is 0 Å². The summed E-state index contributed by atoms with van der Waals surface area (Å²) in [5.74, 6) is 0.0850. The second-order valence-corrected chi connectivity index (χ2v) is 4.77. The monoisotopic (exact) mass is 226 g/mol. The Morgan fingerprint density at radius 2 is 2.27 bits per heavy atom. The van der Waals surface area contributed by atoms with E-state index in [9.17, 15) is 4.79 Å². The van der Waals surface area contributed by atoms with Crippen LogP contribution in [0.2, 0.25) is 0 Å². The number of anilines is 1. The van der Waals surface area contributed by atoms with Crippen LogP contribution in [0.15, 0.2) is 11.6 Å². The van der Waals surface area contributed by atoms with Gasteiger partial charge in [-0.2, -0.15) is 0 Å². The number of quaternary nitrogens is 1. The molecule has 5 heteroatoms. The van der Waals surface area contributed by atoms with Crippen molar-refractivity contribution in [2.24, 2.45) is 0 Å². The molecule has 1 fully saturated rings. The van der Waals surface area contributed by atoms with Gasteiger partial charge in [0.2, 0.25) is 0 Å². The summed E-state index contributed by atoms with van der Waals surface area (Å²) in [5, 5.41) is 5.39. The number of nitrogens with one attached hydrogen (secondary N) is 2. The number of hydrogen-bond acceptors (Lipinski definition) is 3. The zero-order valence-corrected chi connectivity index (χ0v) is 9.48. The smallest absolute Gasteiger partial charge is 0.281 e. The second-order valence-electron chi connectivity index (χ2n) is 3.87. The van der Waals surface area contributed by atoms with Crippen LogP contribution in [-0.4, -0.2) is 30.5 Å². The van der Waals surface area contributed by atoms with Crippen LogP contribution in [0.25, 0.3) is 0 Å². The number of hydrogen-bond donors (Lipinski definition) is 2. The summed E-state index contributed by atoms with van der Waals surface area (Å²) in [6.07, 6.45) is 5.52. The summed E-state index contributed by atoms with van der Waals surface area (Å²) in [4.78, 5) is 17.0. The third-order valence-corrected chi connectivity index (χ3v) is 3.34. The minimum absolute atomic E-state index is 0.0850. The molecule has 0 aromatic carbocycles. The molecule has 4 nitrogen and oxygen atoms in total. The SMILES string of the molecule is O=C(C[NH+]1CCCCC1)Nc1nccs1. The first-order chi connectivity index (χ1) is 7.34. The van der Waals surface area contributed by atoms with E-state index < -0.39 is 0 Å². The van der Waals surface area contributed by atoms with Gasteiger partial charge in [-0.05, 0) is 19.3 Å². The second kappa shape index (κ2) is 5.23. The zero-order valence-electron chi connectivity index (χ0n) is 8.66. The zero-order chi connectivity index (χ0) is 10.5. The molecule has 1 amide bonds. The molecule has 0 aliphatic carbocycles. The van der Waals surface area contributed by atoms with E-state index in [2.05, 4.69) is 10.3 Å². The van der Waals surface area contributed by atoms with Crippen molar-refractivity contribution in [2.45, 2.75) is 19.3 Å². The predicted molar refractivity (Wildman–Crippen MR) is 60.2 cm³/mol. The Balaban J connectivity index is 1.76. The summed E-state index contributed by atoms with van der Waals surface area (Å²) >= 11 is 1.46. The molecule has 0 atom stereocenters. The van der Waals surface area contributed by atoms with Gasteiger partial charge in [0.05, 0.1) is 13.1 Å². The lowest BCUT2D eigenvalue weighted by molar-refractivity contribution is -0.896. The van der Waals surface area contributed by atoms with Gasteiger partial charge in [0, 0.05) is 11.6 Å². The molecule has 1 aromatic heterocycles. The van der Waals surface area contributed by atoms with E-state index in [1.165, 1.54) is 35.5 Å². The highest BCUT2D eigenvalue weighted by Gasteiger charge is 2.17. The van der Waals surface area contributed by atoms with Gasteiger partial charge in [-0.15, -0.1) is 11.3 Å². The van der Waals surface area contributed by atoms with Crippen molar-refractivity contribution in [2.75, 3.05) is 25.0 Å². The molecule has 2 heterocycles. The number of thiazole rings is 1. The van der Waals surface area contributed by atoms with Gasteiger partial charge in [0.15, 0.2) is 11.7 Å². The molecule has 15 heavy (non-hydrogen) atoms. The first-order valence-electron chi connectivity index (χ1n) is 5.37. The number of carbonyl (C=O) groups is 1. The number of nitrogens with zero attached hydrogens (tertiary/aromatic N) is 1. The van der Waals surface area contributed by atoms with Crippen LogP contribution >= 0.6 is 11.3 Å². The van der Waals surface area contributed by atoms with Crippen molar-refractivity contribution in [1.29, 1.82) is 0 Å². The minimum atomic E-state index is 0.0850. The topological polar surface area (TPSA) is 46.4 Å². The van der Waals surface area contributed by atoms with E-state index in [1.54, 1.807) is 6.20 Å². The van der Waals surface area contributed by atoms with E-state index >= 15 is 0 Å². The Bertz CT molecular complexity index is 306. The molecular formula is C10H16N3OS+. The first kappa shape index (κ1) is 10.6. The maximum Gasteiger partial charge on any atom is 0.281 e. The largest absolute Gasteiger partial charge is 0.327 e. The molecule has 0 bridgehead atoms. The van der Waals surface area contributed by atoms with Crippen molar-refractivity contribution in [3.63, 3.8) is 0 Å². The number of amides is 1. The van der Waals surface area contributed by atoms with Crippen molar-refractivity contribution >= 4 is 22.4 Å². The van der Waals surface area contributed by atoms with E-state index in [-0.39, 0.29) is 5.91 Å². The molecular weight excluding hydrogens is 210 g/mol. The van der Waals surface area contributed by atoms with E-state index in [1.807, 2.05) is 5.38 Å². The molecule has 0 saturated carbocycles. The third kappa shape index (κ3) is 3.28. The summed E-state index contributed by atoms with van der Waals surface area (Å²) in [7, 11) is 0. The molecule has 1 aromatic rings. The van der Waals surface area contributed by atoms with Crippen molar-refractivity contribution in [3.8, 4) is 0 Å². The number of rotatable bonds is 3. The highest BCUT2D eigenvalue weighted by molar-refractivity contribution is 7.13. The first-order valence-corrected chi connectivity index (χ1v) is 6.25. The summed E-state index contributed by atoms with van der Waals surface area (Å²) in [5.41, 5.74) is 0. The lowest BCUT2D eigenvalue weighted by Crippen LogP contribution is -3.13. The Morgan fingerprint density at radius 3 is 2.93 bits per heavy atom. The minimum Gasteiger partial charge on any atom is -0.327 e. The fourth-order valence-corrected chi connectivity index (χ4v) is 2.45.